The number of carbonyl (C=O) groups is 2. The number of carbonyl (C=O) groups excluding carboxylic acids is 2. The molecule has 7 heteroatoms. The second kappa shape index (κ2) is 6.15. The first-order valence-electron chi connectivity index (χ1n) is 5.74. The van der Waals surface area contributed by atoms with Crippen LogP contribution in [0.15, 0.2) is 12.5 Å². The molecule has 0 saturated heterocycles. The van der Waals surface area contributed by atoms with Gasteiger partial charge in [-0.25, -0.2) is 4.98 Å². The minimum Gasteiger partial charge on any atom is -0.368 e. The zero-order valence-electron chi connectivity index (χ0n) is 10.5. The third-order valence-corrected chi connectivity index (χ3v) is 2.60. The lowest BCUT2D eigenvalue weighted by Gasteiger charge is -2.21. The van der Waals surface area contributed by atoms with Crippen molar-refractivity contribution in [2.24, 2.45) is 17.4 Å². The predicted octanol–water partition coefficient (Wildman–Crippen LogP) is -1.09. The average molecular weight is 253 g/mol. The van der Waals surface area contributed by atoms with E-state index in [9.17, 15) is 9.59 Å². The first kappa shape index (κ1) is 14.2. The molecule has 0 aliphatic heterocycles. The molecule has 100 valence electrons. The highest BCUT2D eigenvalue weighted by atomic mass is 16.2. The van der Waals surface area contributed by atoms with Gasteiger partial charge in [0.2, 0.25) is 11.8 Å². The monoisotopic (exact) mass is 253 g/mol. The van der Waals surface area contributed by atoms with Gasteiger partial charge in [0.1, 0.15) is 6.04 Å². The molecule has 6 N–H and O–H groups in total. The van der Waals surface area contributed by atoms with Gasteiger partial charge < -0.3 is 21.8 Å². The van der Waals surface area contributed by atoms with Gasteiger partial charge in [-0.05, 0) is 5.92 Å². The molecule has 0 aliphatic carbocycles. The Morgan fingerprint density at radius 1 is 1.50 bits per heavy atom. The summed E-state index contributed by atoms with van der Waals surface area (Å²) in [5.74, 6) is -1.04. The van der Waals surface area contributed by atoms with Crippen LogP contribution in [0.5, 0.6) is 0 Å². The van der Waals surface area contributed by atoms with Gasteiger partial charge in [-0.1, -0.05) is 13.8 Å². The standard InChI is InChI=1S/C11H19N5O2/c1-6(2)9(10(13)17)16-11(18)8(12)3-7-4-14-5-15-7/h4-6,8-9H,3,12H2,1-2H3,(H2,13,17)(H,14,15)(H,16,18)/t8-,9-/m0/s1. The molecule has 0 spiro atoms. The molecular weight excluding hydrogens is 234 g/mol. The minimum absolute atomic E-state index is 0.0780. The number of nitrogens with one attached hydrogen (secondary N) is 2. The number of hydrogen-bond donors (Lipinski definition) is 4. The van der Waals surface area contributed by atoms with Crippen LogP contribution in [0.25, 0.3) is 0 Å². The smallest absolute Gasteiger partial charge is 0.240 e. The summed E-state index contributed by atoms with van der Waals surface area (Å²) in [6, 6.07) is -1.45. The van der Waals surface area contributed by atoms with E-state index in [1.54, 1.807) is 20.0 Å². The summed E-state index contributed by atoms with van der Waals surface area (Å²) in [5, 5.41) is 2.56. The normalized spacial score (nSPS) is 14.2. The molecule has 0 unspecified atom stereocenters. The quantitative estimate of drug-likeness (QED) is 0.513. The third-order valence-electron chi connectivity index (χ3n) is 2.60. The fourth-order valence-electron chi connectivity index (χ4n) is 1.55. The first-order chi connectivity index (χ1) is 8.41. The van der Waals surface area contributed by atoms with Gasteiger partial charge in [-0.3, -0.25) is 9.59 Å². The summed E-state index contributed by atoms with van der Waals surface area (Å²) >= 11 is 0. The number of amides is 2. The number of rotatable bonds is 6. The molecule has 18 heavy (non-hydrogen) atoms. The molecule has 1 aromatic heterocycles. The Kier molecular flexibility index (Phi) is 4.85. The van der Waals surface area contributed by atoms with E-state index < -0.39 is 23.9 Å². The van der Waals surface area contributed by atoms with Crippen molar-refractivity contribution in [1.82, 2.24) is 15.3 Å². The molecule has 0 radical (unpaired) electrons. The lowest BCUT2D eigenvalue weighted by atomic mass is 10.0. The summed E-state index contributed by atoms with van der Waals surface area (Å²) in [5.41, 5.74) is 11.7. The predicted molar refractivity (Wildman–Crippen MR) is 66.2 cm³/mol. The molecule has 1 rings (SSSR count). The fourth-order valence-corrected chi connectivity index (χ4v) is 1.55. The van der Waals surface area contributed by atoms with Crippen LogP contribution in [0, 0.1) is 5.92 Å². The van der Waals surface area contributed by atoms with E-state index in [1.807, 2.05) is 0 Å². The van der Waals surface area contributed by atoms with Crippen LogP contribution in [0.2, 0.25) is 0 Å². The Balaban J connectivity index is 2.56. The van der Waals surface area contributed by atoms with Gasteiger partial charge in [0.05, 0.1) is 12.4 Å². The van der Waals surface area contributed by atoms with Crippen molar-refractivity contribution < 1.29 is 9.59 Å². The van der Waals surface area contributed by atoms with Gasteiger partial charge in [-0.2, -0.15) is 0 Å². The van der Waals surface area contributed by atoms with Crippen LogP contribution in [0.4, 0.5) is 0 Å². The Morgan fingerprint density at radius 2 is 2.17 bits per heavy atom. The van der Waals surface area contributed by atoms with Crippen molar-refractivity contribution in [3.63, 3.8) is 0 Å². The van der Waals surface area contributed by atoms with E-state index in [2.05, 4.69) is 15.3 Å². The number of imidazole rings is 1. The minimum atomic E-state index is -0.744. The number of primary amides is 1. The molecule has 0 fully saturated rings. The summed E-state index contributed by atoms with van der Waals surface area (Å²) < 4.78 is 0. The Morgan fingerprint density at radius 3 is 2.61 bits per heavy atom. The van der Waals surface area contributed by atoms with Crippen molar-refractivity contribution in [1.29, 1.82) is 0 Å². The highest BCUT2D eigenvalue weighted by molar-refractivity contribution is 5.89. The third kappa shape index (κ3) is 3.85. The molecule has 0 aliphatic rings. The number of aromatic nitrogens is 2. The molecule has 0 saturated carbocycles. The fraction of sp³-hybridized carbons (Fsp3) is 0.545. The summed E-state index contributed by atoms with van der Waals surface area (Å²) in [4.78, 5) is 29.7. The topological polar surface area (TPSA) is 127 Å². The van der Waals surface area contributed by atoms with E-state index in [4.69, 9.17) is 11.5 Å². The molecular formula is C11H19N5O2. The number of aromatic amines is 1. The van der Waals surface area contributed by atoms with Crippen LogP contribution in [0.1, 0.15) is 19.5 Å². The Bertz CT molecular complexity index is 402. The highest BCUT2D eigenvalue weighted by Crippen LogP contribution is 2.02. The van der Waals surface area contributed by atoms with Crippen LogP contribution in [-0.2, 0) is 16.0 Å². The maximum Gasteiger partial charge on any atom is 0.240 e. The van der Waals surface area contributed by atoms with Crippen LogP contribution >= 0.6 is 0 Å². The summed E-state index contributed by atoms with van der Waals surface area (Å²) in [6.45, 7) is 3.60. The first-order valence-corrected chi connectivity index (χ1v) is 5.74. The number of nitrogens with zero attached hydrogens (tertiary/aromatic N) is 1. The summed E-state index contributed by atoms with van der Waals surface area (Å²) in [7, 11) is 0. The van der Waals surface area contributed by atoms with Crippen LogP contribution in [-0.4, -0.2) is 33.9 Å². The lowest BCUT2D eigenvalue weighted by Crippen LogP contribution is -2.53. The second-order valence-corrected chi connectivity index (χ2v) is 4.52. The van der Waals surface area contributed by atoms with Gasteiger partial charge in [0.25, 0.3) is 0 Å². The highest BCUT2D eigenvalue weighted by Gasteiger charge is 2.24. The number of H-pyrrole nitrogens is 1. The summed E-state index contributed by atoms with van der Waals surface area (Å²) in [6.07, 6.45) is 3.44. The Labute approximate surface area is 105 Å². The zero-order chi connectivity index (χ0) is 13.7. The number of nitrogens with two attached hydrogens (primary N) is 2. The molecule has 2 amide bonds. The van der Waals surface area contributed by atoms with Gasteiger partial charge in [0, 0.05) is 18.3 Å². The van der Waals surface area contributed by atoms with E-state index >= 15 is 0 Å². The van der Waals surface area contributed by atoms with Crippen molar-refractivity contribution in [2.75, 3.05) is 0 Å². The molecule has 7 nitrogen and oxygen atoms in total. The van der Waals surface area contributed by atoms with Gasteiger partial charge in [-0.15, -0.1) is 0 Å². The van der Waals surface area contributed by atoms with Crippen LogP contribution < -0.4 is 16.8 Å². The molecule has 0 aromatic carbocycles. The van der Waals surface area contributed by atoms with E-state index in [0.717, 1.165) is 5.69 Å². The van der Waals surface area contributed by atoms with E-state index in [0.29, 0.717) is 6.42 Å². The van der Waals surface area contributed by atoms with Gasteiger partial charge in [0.15, 0.2) is 0 Å². The van der Waals surface area contributed by atoms with Gasteiger partial charge >= 0.3 is 0 Å². The molecule has 1 heterocycles. The Hall–Kier alpha value is -1.89. The van der Waals surface area contributed by atoms with Crippen molar-refractivity contribution in [3.8, 4) is 0 Å². The molecule has 1 aromatic rings. The maximum absolute atomic E-state index is 11.8. The van der Waals surface area contributed by atoms with Crippen molar-refractivity contribution in [3.05, 3.63) is 18.2 Å². The lowest BCUT2D eigenvalue weighted by molar-refractivity contribution is -0.129. The largest absolute Gasteiger partial charge is 0.368 e. The SMILES string of the molecule is CC(C)[C@H](NC(=O)[C@@H](N)Cc1cnc[nH]1)C(N)=O. The van der Waals surface area contributed by atoms with Crippen molar-refractivity contribution in [2.45, 2.75) is 32.4 Å². The zero-order valence-corrected chi connectivity index (χ0v) is 10.5. The van der Waals surface area contributed by atoms with E-state index in [1.165, 1.54) is 6.33 Å². The molecule has 0 bridgehead atoms. The van der Waals surface area contributed by atoms with Crippen molar-refractivity contribution >= 4 is 11.8 Å². The second-order valence-electron chi connectivity index (χ2n) is 4.52. The van der Waals surface area contributed by atoms with Crippen LogP contribution in [0.3, 0.4) is 0 Å². The van der Waals surface area contributed by atoms with E-state index in [-0.39, 0.29) is 5.92 Å². The molecule has 2 atom stereocenters. The maximum atomic E-state index is 11.8. The number of hydrogen-bond acceptors (Lipinski definition) is 4. The average Bonchev–Trinajstić information content (AvgIpc) is 2.77.